The van der Waals surface area contributed by atoms with Crippen LogP contribution in [0.2, 0.25) is 0 Å². The Bertz CT molecular complexity index is 1200. The molecule has 2 atom stereocenters. The van der Waals surface area contributed by atoms with Crippen molar-refractivity contribution in [1.82, 2.24) is 10.6 Å². The van der Waals surface area contributed by atoms with Gasteiger partial charge in [-0.1, -0.05) is 111 Å². The smallest absolute Gasteiger partial charge is 0.0519 e. The van der Waals surface area contributed by atoms with Crippen LogP contribution < -0.4 is 10.6 Å². The largest absolute Gasteiger partial charge is 0.313 e. The van der Waals surface area contributed by atoms with Crippen LogP contribution in [0.1, 0.15) is 46.9 Å². The van der Waals surface area contributed by atoms with E-state index in [1.165, 1.54) is 22.3 Å². The van der Waals surface area contributed by atoms with Crippen LogP contribution in [0.5, 0.6) is 0 Å². The maximum absolute atomic E-state index is 3.79. The molecular formula is C34H41N2P. The van der Waals surface area contributed by atoms with Crippen molar-refractivity contribution in [2.45, 2.75) is 44.6 Å². The molecule has 3 aromatic rings. The fourth-order valence-corrected chi connectivity index (χ4v) is 5.52. The van der Waals surface area contributed by atoms with E-state index in [0.717, 1.165) is 31.4 Å². The van der Waals surface area contributed by atoms with Gasteiger partial charge in [0.2, 0.25) is 0 Å². The predicted octanol–water partition coefficient (Wildman–Crippen LogP) is 7.46. The third kappa shape index (κ3) is 10.1. The third-order valence-electron chi connectivity index (χ3n) is 6.30. The molecule has 3 rings (SSSR count). The van der Waals surface area contributed by atoms with Crippen molar-refractivity contribution >= 4 is 7.92 Å². The highest BCUT2D eigenvalue weighted by Crippen LogP contribution is 2.43. The molecule has 2 N–H and O–H groups in total. The Labute approximate surface area is 226 Å². The Hall–Kier alpha value is -2.95. The van der Waals surface area contributed by atoms with Gasteiger partial charge in [0.25, 0.3) is 0 Å². The topological polar surface area (TPSA) is 24.1 Å². The van der Waals surface area contributed by atoms with E-state index < -0.39 is 0 Å². The highest BCUT2D eigenvalue weighted by Gasteiger charge is 2.15. The molecule has 0 aromatic heterocycles. The molecular weight excluding hydrogens is 467 g/mol. The molecule has 192 valence electrons. The van der Waals surface area contributed by atoms with Crippen LogP contribution in [-0.2, 0) is 19.4 Å². The number of hydrogen-bond acceptors (Lipinski definition) is 2. The second kappa shape index (κ2) is 16.0. The van der Waals surface area contributed by atoms with Crippen LogP contribution in [-0.4, -0.2) is 26.4 Å². The van der Waals surface area contributed by atoms with Crippen molar-refractivity contribution in [3.8, 4) is 11.8 Å². The Balaban J connectivity index is 1.58. The van der Waals surface area contributed by atoms with Gasteiger partial charge in [-0.2, -0.15) is 0 Å². The first-order valence-corrected chi connectivity index (χ1v) is 15.5. The normalized spacial score (nSPS) is 13.1. The zero-order valence-electron chi connectivity index (χ0n) is 22.7. The van der Waals surface area contributed by atoms with Crippen LogP contribution in [0.25, 0.3) is 0 Å². The van der Waals surface area contributed by atoms with Gasteiger partial charge in [0.1, 0.15) is 0 Å². The maximum Gasteiger partial charge on any atom is 0.0519 e. The predicted molar refractivity (Wildman–Crippen MR) is 163 cm³/mol. The lowest BCUT2D eigenvalue weighted by Crippen LogP contribution is -2.25. The van der Waals surface area contributed by atoms with Crippen LogP contribution >= 0.6 is 7.92 Å². The fourth-order valence-electron chi connectivity index (χ4n) is 4.30. The van der Waals surface area contributed by atoms with Gasteiger partial charge in [-0.05, 0) is 74.5 Å². The van der Waals surface area contributed by atoms with Gasteiger partial charge in [0, 0.05) is 24.6 Å². The van der Waals surface area contributed by atoms with Gasteiger partial charge in [0.05, 0.1) is 5.78 Å². The highest BCUT2D eigenvalue weighted by atomic mass is 31.1. The Morgan fingerprint density at radius 3 is 2.38 bits per heavy atom. The molecule has 0 spiro atoms. The summed E-state index contributed by atoms with van der Waals surface area (Å²) in [7, 11) is 1.84. The van der Waals surface area contributed by atoms with Gasteiger partial charge in [-0.15, -0.1) is 0 Å². The Morgan fingerprint density at radius 2 is 1.62 bits per heavy atom. The van der Waals surface area contributed by atoms with E-state index in [0.29, 0.717) is 11.8 Å². The minimum absolute atomic E-state index is 0.162. The highest BCUT2D eigenvalue weighted by molar-refractivity contribution is 7.56. The number of rotatable bonds is 12. The van der Waals surface area contributed by atoms with Gasteiger partial charge in [-0.25, -0.2) is 0 Å². The minimum Gasteiger partial charge on any atom is -0.313 e. The summed E-state index contributed by atoms with van der Waals surface area (Å²) in [5.41, 5.74) is 6.45. The van der Waals surface area contributed by atoms with E-state index >= 15 is 0 Å². The van der Waals surface area contributed by atoms with Gasteiger partial charge >= 0.3 is 0 Å². The second-order valence-corrected chi connectivity index (χ2v) is 11.9. The van der Waals surface area contributed by atoms with E-state index in [-0.39, 0.29) is 7.92 Å². The molecule has 0 fully saturated rings. The van der Waals surface area contributed by atoms with Crippen molar-refractivity contribution < 1.29 is 0 Å². The van der Waals surface area contributed by atoms with Crippen LogP contribution in [0.15, 0.2) is 103 Å². The number of likely N-dealkylation sites (N-methyl/N-ethyl adjacent to an activating group) is 1. The van der Waals surface area contributed by atoms with E-state index in [2.05, 4.69) is 133 Å². The lowest BCUT2D eigenvalue weighted by Gasteiger charge is -2.24. The van der Waals surface area contributed by atoms with Crippen molar-refractivity contribution in [3.63, 3.8) is 0 Å². The summed E-state index contributed by atoms with van der Waals surface area (Å²) >= 11 is 0. The molecule has 0 saturated heterocycles. The van der Waals surface area contributed by atoms with Gasteiger partial charge < -0.3 is 10.6 Å². The number of nitrogens with one attached hydrogen (secondary N) is 2. The Morgan fingerprint density at radius 1 is 0.865 bits per heavy atom. The lowest BCUT2D eigenvalue weighted by molar-refractivity contribution is 0.664. The summed E-state index contributed by atoms with van der Waals surface area (Å²) in [5.74, 6) is 7.18. The quantitative estimate of drug-likeness (QED) is 0.151. The van der Waals surface area contributed by atoms with E-state index in [1.54, 1.807) is 0 Å². The van der Waals surface area contributed by atoms with Gasteiger partial charge in [-0.3, -0.25) is 0 Å². The number of allylic oxidation sites excluding steroid dienone is 3. The summed E-state index contributed by atoms with van der Waals surface area (Å²) in [6, 6.07) is 28.6. The number of hydrogen-bond donors (Lipinski definition) is 2. The minimum atomic E-state index is -0.162. The molecule has 3 heteroatoms. The van der Waals surface area contributed by atoms with Crippen LogP contribution in [0.3, 0.4) is 0 Å². The number of aryl methyl sites for hydroxylation is 1. The molecule has 2 unspecified atom stereocenters. The zero-order chi connectivity index (χ0) is 26.3. The lowest BCUT2D eigenvalue weighted by atomic mass is 10.0. The summed E-state index contributed by atoms with van der Waals surface area (Å²) < 4.78 is 0. The third-order valence-corrected chi connectivity index (χ3v) is 7.81. The first kappa shape index (κ1) is 28.6. The molecule has 0 aliphatic rings. The number of benzene rings is 3. The molecule has 0 radical (unpaired) electrons. The van der Waals surface area contributed by atoms with Gasteiger partial charge in [0.15, 0.2) is 0 Å². The average Bonchev–Trinajstić information content (AvgIpc) is 2.92. The summed E-state index contributed by atoms with van der Waals surface area (Å²) in [5, 5.41) is 7.17. The molecule has 37 heavy (non-hydrogen) atoms. The van der Waals surface area contributed by atoms with Crippen LogP contribution in [0, 0.1) is 11.8 Å². The molecule has 0 amide bonds. The standard InChI is InChI=1S/C34H41N2P/c1-5-6-8-23-33(35-2)26-31-21-13-19-28(24-31)15-11-12-16-29-20-14-22-32(25-29)34(37(3)4)36-27-30-17-9-7-10-18-30/h5-10,13-14,17-25,33-36H,12,16,26-27H2,1-4H3/b6-5+,23-8+. The van der Waals surface area contributed by atoms with E-state index in [4.69, 9.17) is 0 Å². The van der Waals surface area contributed by atoms with E-state index in [9.17, 15) is 0 Å². The summed E-state index contributed by atoms with van der Waals surface area (Å²) in [6.07, 6.45) is 11.2. The SMILES string of the molecule is C/C=C/C=C/C(Cc1cccc(C#CCCc2cccc(C(NCc3ccccc3)P(C)C)c2)c1)NC. The van der Waals surface area contributed by atoms with Crippen molar-refractivity contribution in [3.05, 3.63) is 131 Å². The molecule has 0 saturated carbocycles. The second-order valence-electron chi connectivity index (χ2n) is 9.49. The Kier molecular flexibility index (Phi) is 12.4. The van der Waals surface area contributed by atoms with E-state index in [1.807, 2.05) is 20.0 Å². The molecule has 0 aliphatic heterocycles. The molecule has 2 nitrogen and oxygen atoms in total. The molecule has 0 bridgehead atoms. The summed E-state index contributed by atoms with van der Waals surface area (Å²) in [6.45, 7) is 7.62. The van der Waals surface area contributed by atoms with Crippen LogP contribution in [0.4, 0.5) is 0 Å². The van der Waals surface area contributed by atoms with Crippen molar-refractivity contribution in [2.75, 3.05) is 20.4 Å². The molecule has 0 heterocycles. The zero-order valence-corrected chi connectivity index (χ0v) is 23.6. The maximum atomic E-state index is 3.79. The average molecular weight is 509 g/mol. The molecule has 3 aromatic carbocycles. The first-order valence-electron chi connectivity index (χ1n) is 13.2. The molecule has 0 aliphatic carbocycles. The first-order chi connectivity index (χ1) is 18.1. The van der Waals surface area contributed by atoms with Crippen molar-refractivity contribution in [1.29, 1.82) is 0 Å². The fraction of sp³-hybridized carbons (Fsp3) is 0.294. The van der Waals surface area contributed by atoms with Crippen molar-refractivity contribution in [2.24, 2.45) is 0 Å². The summed E-state index contributed by atoms with van der Waals surface area (Å²) in [4.78, 5) is 0. The monoisotopic (exact) mass is 508 g/mol.